The van der Waals surface area contributed by atoms with Crippen LogP contribution in [-0.2, 0) is 6.18 Å². The molecule has 2 aromatic rings. The van der Waals surface area contributed by atoms with Crippen molar-refractivity contribution in [1.82, 2.24) is 0 Å². The Hall–Kier alpha value is -1.65. The molecule has 1 aliphatic carbocycles. The quantitative estimate of drug-likeness (QED) is 0.531. The SMILES string of the molecule is FC(F)(F)c1ccc(Cl)c2c1[C@@H]1C=CC[C@H]1[C@@H](c1ccccc1Cl)N2. The molecule has 0 spiro atoms. The van der Waals surface area contributed by atoms with Crippen molar-refractivity contribution >= 4 is 28.9 Å². The van der Waals surface area contributed by atoms with Crippen LogP contribution in [0, 0.1) is 5.92 Å². The van der Waals surface area contributed by atoms with E-state index in [1.807, 2.05) is 30.4 Å². The summed E-state index contributed by atoms with van der Waals surface area (Å²) >= 11 is 12.6. The highest BCUT2D eigenvalue weighted by molar-refractivity contribution is 6.33. The van der Waals surface area contributed by atoms with Crippen LogP contribution < -0.4 is 5.32 Å². The summed E-state index contributed by atoms with van der Waals surface area (Å²) in [5.74, 6) is -0.375. The maximum Gasteiger partial charge on any atom is 0.416 e. The average molecular weight is 384 g/mol. The molecule has 4 rings (SSSR count). The van der Waals surface area contributed by atoms with Gasteiger partial charge in [0, 0.05) is 10.9 Å². The third-order valence-electron chi connectivity index (χ3n) is 5.01. The van der Waals surface area contributed by atoms with Gasteiger partial charge in [-0.05, 0) is 41.7 Å². The van der Waals surface area contributed by atoms with Crippen molar-refractivity contribution in [2.24, 2.45) is 5.92 Å². The second-order valence-electron chi connectivity index (χ2n) is 6.38. The van der Waals surface area contributed by atoms with Gasteiger partial charge in [0.15, 0.2) is 0 Å². The van der Waals surface area contributed by atoms with E-state index in [1.165, 1.54) is 6.07 Å². The van der Waals surface area contributed by atoms with Crippen LogP contribution >= 0.6 is 23.2 Å². The highest BCUT2D eigenvalue weighted by atomic mass is 35.5. The van der Waals surface area contributed by atoms with Crippen LogP contribution in [-0.4, -0.2) is 0 Å². The van der Waals surface area contributed by atoms with Crippen LogP contribution in [0.3, 0.4) is 0 Å². The Bertz CT molecular complexity index is 860. The number of alkyl halides is 3. The van der Waals surface area contributed by atoms with Gasteiger partial charge in [-0.2, -0.15) is 13.2 Å². The van der Waals surface area contributed by atoms with E-state index in [4.69, 9.17) is 23.2 Å². The van der Waals surface area contributed by atoms with E-state index in [0.717, 1.165) is 11.6 Å². The molecular formula is C19H14Cl2F3N. The maximum atomic E-state index is 13.5. The Morgan fingerprint density at radius 3 is 2.48 bits per heavy atom. The molecule has 0 unspecified atom stereocenters. The molecule has 1 N–H and O–H groups in total. The first-order valence-electron chi connectivity index (χ1n) is 7.95. The number of hydrogen-bond donors (Lipinski definition) is 1. The fourth-order valence-corrected chi connectivity index (χ4v) is 4.43. The fraction of sp³-hybridized carbons (Fsp3) is 0.263. The number of nitrogens with one attached hydrogen (secondary N) is 1. The Kier molecular flexibility index (Phi) is 4.00. The van der Waals surface area contributed by atoms with Gasteiger partial charge >= 0.3 is 6.18 Å². The number of hydrogen-bond acceptors (Lipinski definition) is 1. The van der Waals surface area contributed by atoms with Crippen molar-refractivity contribution in [1.29, 1.82) is 0 Å². The number of halogens is 5. The summed E-state index contributed by atoms with van der Waals surface area (Å²) in [5, 5.41) is 4.14. The van der Waals surface area contributed by atoms with Crippen LogP contribution in [0.2, 0.25) is 10.0 Å². The monoisotopic (exact) mass is 383 g/mol. The molecule has 0 saturated carbocycles. The van der Waals surface area contributed by atoms with Crippen LogP contribution in [0.25, 0.3) is 0 Å². The summed E-state index contributed by atoms with van der Waals surface area (Å²) in [6, 6.07) is 9.59. The molecule has 0 fully saturated rings. The van der Waals surface area contributed by atoms with Gasteiger partial charge in [0.1, 0.15) is 0 Å². The molecule has 25 heavy (non-hydrogen) atoms. The Labute approximate surface area is 153 Å². The standard InChI is InChI=1S/C19H14Cl2F3N/c20-14-7-2-1-4-12(14)17-11-6-3-5-10(11)16-13(19(22,23)24)8-9-15(21)18(16)25-17/h1-5,7-11,17,25H,6H2/t10-,11-,17+/m1/s1. The molecule has 0 saturated heterocycles. The van der Waals surface area contributed by atoms with E-state index >= 15 is 0 Å². The third-order valence-corrected chi connectivity index (χ3v) is 5.67. The van der Waals surface area contributed by atoms with Crippen molar-refractivity contribution in [3.8, 4) is 0 Å². The molecule has 0 aromatic heterocycles. The van der Waals surface area contributed by atoms with E-state index in [1.54, 1.807) is 6.07 Å². The van der Waals surface area contributed by atoms with Crippen molar-refractivity contribution in [3.63, 3.8) is 0 Å². The number of rotatable bonds is 1. The molecule has 3 atom stereocenters. The number of allylic oxidation sites excluding steroid dienone is 2. The zero-order chi connectivity index (χ0) is 17.8. The summed E-state index contributed by atoms with van der Waals surface area (Å²) in [7, 11) is 0. The van der Waals surface area contributed by atoms with E-state index < -0.39 is 11.7 Å². The topological polar surface area (TPSA) is 12.0 Å². The predicted molar refractivity (Wildman–Crippen MR) is 94.3 cm³/mol. The predicted octanol–water partition coefficient (Wildman–Crippen LogP) is 6.84. The zero-order valence-corrected chi connectivity index (χ0v) is 14.5. The lowest BCUT2D eigenvalue weighted by Crippen LogP contribution is -2.31. The lowest BCUT2D eigenvalue weighted by atomic mass is 9.75. The van der Waals surface area contributed by atoms with Gasteiger partial charge < -0.3 is 5.32 Å². The molecule has 130 valence electrons. The van der Waals surface area contributed by atoms with Crippen LogP contribution in [0.5, 0.6) is 0 Å². The molecule has 6 heteroatoms. The van der Waals surface area contributed by atoms with Gasteiger partial charge in [-0.3, -0.25) is 0 Å². The Balaban J connectivity index is 1.90. The Morgan fingerprint density at radius 2 is 1.76 bits per heavy atom. The first kappa shape index (κ1) is 16.8. The average Bonchev–Trinajstić information content (AvgIpc) is 3.04. The van der Waals surface area contributed by atoms with Crippen molar-refractivity contribution < 1.29 is 13.2 Å². The maximum absolute atomic E-state index is 13.5. The van der Waals surface area contributed by atoms with Crippen LogP contribution in [0.15, 0.2) is 48.6 Å². The molecule has 0 radical (unpaired) electrons. The first-order valence-corrected chi connectivity index (χ1v) is 8.70. The van der Waals surface area contributed by atoms with Crippen LogP contribution in [0.4, 0.5) is 18.9 Å². The van der Waals surface area contributed by atoms with Gasteiger partial charge in [0.05, 0.1) is 22.3 Å². The minimum absolute atomic E-state index is 0.0352. The van der Waals surface area contributed by atoms with Crippen molar-refractivity contribution in [2.45, 2.75) is 24.6 Å². The molecule has 1 nitrogen and oxygen atoms in total. The van der Waals surface area contributed by atoms with E-state index in [0.29, 0.717) is 22.2 Å². The highest BCUT2D eigenvalue weighted by Crippen LogP contribution is 2.55. The number of anilines is 1. The molecular weight excluding hydrogens is 370 g/mol. The summed E-state index contributed by atoms with van der Waals surface area (Å²) in [5.41, 5.74) is 0.844. The van der Waals surface area contributed by atoms with Gasteiger partial charge in [0.2, 0.25) is 0 Å². The first-order chi connectivity index (χ1) is 11.9. The van der Waals surface area contributed by atoms with Crippen LogP contribution in [0.1, 0.15) is 35.1 Å². The summed E-state index contributed by atoms with van der Waals surface area (Å²) < 4.78 is 40.6. The van der Waals surface area contributed by atoms with Gasteiger partial charge in [-0.1, -0.05) is 53.6 Å². The molecule has 0 bridgehead atoms. The lowest BCUT2D eigenvalue weighted by Gasteiger charge is -2.39. The summed E-state index contributed by atoms with van der Waals surface area (Å²) in [6.07, 6.45) is 0.0716. The van der Waals surface area contributed by atoms with Gasteiger partial charge in [0.25, 0.3) is 0 Å². The van der Waals surface area contributed by atoms with Crippen molar-refractivity contribution in [2.75, 3.05) is 5.32 Å². The van der Waals surface area contributed by atoms with Crippen molar-refractivity contribution in [3.05, 3.63) is 75.3 Å². The molecule has 1 aliphatic heterocycles. The number of fused-ring (bicyclic) bond motifs is 3. The normalized spacial score (nSPS) is 24.6. The zero-order valence-electron chi connectivity index (χ0n) is 12.9. The largest absolute Gasteiger partial charge is 0.416 e. The van der Waals surface area contributed by atoms with Gasteiger partial charge in [-0.15, -0.1) is 0 Å². The van der Waals surface area contributed by atoms with E-state index in [-0.39, 0.29) is 23.4 Å². The molecule has 2 aliphatic rings. The molecule has 0 amide bonds. The fourth-order valence-electron chi connectivity index (χ4n) is 3.96. The third kappa shape index (κ3) is 2.72. The van der Waals surface area contributed by atoms with Gasteiger partial charge in [-0.25, -0.2) is 0 Å². The van der Waals surface area contributed by atoms with E-state index in [9.17, 15) is 13.2 Å². The minimum Gasteiger partial charge on any atom is -0.376 e. The summed E-state index contributed by atoms with van der Waals surface area (Å²) in [4.78, 5) is 0. The molecule has 1 heterocycles. The second-order valence-corrected chi connectivity index (χ2v) is 7.19. The summed E-state index contributed by atoms with van der Waals surface area (Å²) in [6.45, 7) is 0. The smallest absolute Gasteiger partial charge is 0.376 e. The minimum atomic E-state index is -4.42. The molecule has 2 aromatic carbocycles. The van der Waals surface area contributed by atoms with E-state index in [2.05, 4.69) is 5.32 Å². The highest BCUT2D eigenvalue weighted by Gasteiger charge is 2.45. The Morgan fingerprint density at radius 1 is 1.00 bits per heavy atom. The number of benzene rings is 2. The lowest BCUT2D eigenvalue weighted by molar-refractivity contribution is -0.138. The second kappa shape index (κ2) is 5.96.